The highest BCUT2D eigenvalue weighted by Gasteiger charge is 2.40. The van der Waals surface area contributed by atoms with Crippen LogP contribution >= 0.6 is 12.2 Å². The van der Waals surface area contributed by atoms with E-state index in [4.69, 9.17) is 22.1 Å². The van der Waals surface area contributed by atoms with E-state index in [0.717, 1.165) is 22.5 Å². The van der Waals surface area contributed by atoms with Gasteiger partial charge in [0.1, 0.15) is 0 Å². The second-order valence-corrected chi connectivity index (χ2v) is 9.25. The number of hydrogen-bond donors (Lipinski definition) is 2. The molecule has 1 heterocycles. The van der Waals surface area contributed by atoms with Crippen LogP contribution in [0.2, 0.25) is 0 Å². The molecule has 3 aromatic rings. The largest absolute Gasteiger partial charge is 0.364 e. The average Bonchev–Trinajstić information content (AvgIpc) is 2.81. The van der Waals surface area contributed by atoms with Crippen molar-refractivity contribution in [1.82, 2.24) is 5.43 Å². The first-order valence-electron chi connectivity index (χ1n) is 11.4. The summed E-state index contributed by atoms with van der Waals surface area (Å²) in [4.78, 5) is 0. The number of aryl methyl sites for hydroxylation is 2. The fraction of sp³-hybridized carbons (Fsp3) is 0.286. The molecule has 0 radical (unpaired) electrons. The number of para-hydroxylation sites is 1. The van der Waals surface area contributed by atoms with Crippen LogP contribution in [0.3, 0.4) is 0 Å². The van der Waals surface area contributed by atoms with Gasteiger partial charge in [-0.1, -0.05) is 91.7 Å². The second-order valence-electron chi connectivity index (χ2n) is 8.84. The Kier molecular flexibility index (Phi) is 7.21. The van der Waals surface area contributed by atoms with Crippen molar-refractivity contribution in [2.45, 2.75) is 39.9 Å². The Balaban J connectivity index is 1.62. The molecule has 2 N–H and O–H groups in total. The molecule has 170 valence electrons. The van der Waals surface area contributed by atoms with E-state index in [2.05, 4.69) is 87.0 Å². The standard InChI is InChI=1S/C28H31N3OS/c1-18-10-14-22(15-11-18)26-20(3)25(30-31-28(33)29-24-8-6-5-7-9-24)21(4)27(32-26)23-16-12-19(2)13-17-23/h5-17,20-21,26-27H,1-4H3,(H2,29,31,33). The Labute approximate surface area is 202 Å². The lowest BCUT2D eigenvalue weighted by Gasteiger charge is -2.40. The van der Waals surface area contributed by atoms with E-state index in [-0.39, 0.29) is 24.0 Å². The molecule has 1 saturated heterocycles. The molecule has 0 aliphatic carbocycles. The molecule has 0 aromatic heterocycles. The molecule has 1 aliphatic rings. The molecular formula is C28H31N3OS. The van der Waals surface area contributed by atoms with Crippen molar-refractivity contribution in [3.63, 3.8) is 0 Å². The third kappa shape index (κ3) is 5.49. The maximum absolute atomic E-state index is 6.74. The smallest absolute Gasteiger partial charge is 0.191 e. The Hall–Kier alpha value is -3.02. The number of ether oxygens (including phenoxy) is 1. The first-order chi connectivity index (χ1) is 15.9. The summed E-state index contributed by atoms with van der Waals surface area (Å²) in [5, 5.41) is 8.47. The summed E-state index contributed by atoms with van der Waals surface area (Å²) in [6.07, 6.45) is -0.186. The lowest BCUT2D eigenvalue weighted by atomic mass is 9.79. The summed E-state index contributed by atoms with van der Waals surface area (Å²) >= 11 is 5.50. The van der Waals surface area contributed by atoms with Gasteiger partial charge in [-0.3, -0.25) is 5.43 Å². The van der Waals surface area contributed by atoms with Gasteiger partial charge in [0.2, 0.25) is 0 Å². The number of anilines is 1. The van der Waals surface area contributed by atoms with Crippen molar-refractivity contribution in [2.75, 3.05) is 5.32 Å². The lowest BCUT2D eigenvalue weighted by Crippen LogP contribution is -2.40. The van der Waals surface area contributed by atoms with Crippen molar-refractivity contribution in [2.24, 2.45) is 16.9 Å². The van der Waals surface area contributed by atoms with E-state index in [1.165, 1.54) is 11.1 Å². The maximum atomic E-state index is 6.74. The molecule has 5 heteroatoms. The zero-order valence-corrected chi connectivity index (χ0v) is 20.4. The topological polar surface area (TPSA) is 45.6 Å². The Bertz CT molecular complexity index is 1050. The summed E-state index contributed by atoms with van der Waals surface area (Å²) < 4.78 is 6.74. The second kappa shape index (κ2) is 10.3. The fourth-order valence-corrected chi connectivity index (χ4v) is 4.53. The number of nitrogens with zero attached hydrogens (tertiary/aromatic N) is 1. The van der Waals surface area contributed by atoms with Gasteiger partial charge < -0.3 is 10.1 Å². The normalized spacial score (nSPS) is 22.5. The van der Waals surface area contributed by atoms with E-state index in [1.54, 1.807) is 0 Å². The van der Waals surface area contributed by atoms with E-state index >= 15 is 0 Å². The molecule has 3 aromatic carbocycles. The molecule has 0 spiro atoms. The molecular weight excluding hydrogens is 426 g/mol. The van der Waals surface area contributed by atoms with Gasteiger partial charge in [0, 0.05) is 23.2 Å². The van der Waals surface area contributed by atoms with E-state index in [0.29, 0.717) is 5.11 Å². The SMILES string of the molecule is Cc1ccc(C2OC(c3ccc(C)cc3)C(C)C(=NNC(=S)Nc3ccccc3)C2C)cc1. The number of thiocarbonyl (C=S) groups is 1. The summed E-state index contributed by atoms with van der Waals surface area (Å²) in [5.41, 5.74) is 9.85. The third-order valence-electron chi connectivity index (χ3n) is 6.26. The number of nitrogens with one attached hydrogen (secondary N) is 2. The van der Waals surface area contributed by atoms with E-state index < -0.39 is 0 Å². The van der Waals surface area contributed by atoms with Crippen LogP contribution in [0, 0.1) is 25.7 Å². The van der Waals surface area contributed by atoms with Gasteiger partial charge in [-0.15, -0.1) is 0 Å². The van der Waals surface area contributed by atoms with Crippen molar-refractivity contribution in [3.05, 3.63) is 101 Å². The van der Waals surface area contributed by atoms with Gasteiger partial charge in [0.15, 0.2) is 5.11 Å². The molecule has 1 aliphatic heterocycles. The van der Waals surface area contributed by atoms with Gasteiger partial charge >= 0.3 is 0 Å². The Morgan fingerprint density at radius 1 is 0.758 bits per heavy atom. The molecule has 4 rings (SSSR count). The highest BCUT2D eigenvalue weighted by molar-refractivity contribution is 7.80. The van der Waals surface area contributed by atoms with Crippen LogP contribution in [0.25, 0.3) is 0 Å². The predicted octanol–water partition coefficient (Wildman–Crippen LogP) is 6.73. The minimum atomic E-state index is -0.0932. The highest BCUT2D eigenvalue weighted by atomic mass is 32.1. The van der Waals surface area contributed by atoms with Crippen LogP contribution < -0.4 is 10.7 Å². The van der Waals surface area contributed by atoms with Gasteiger partial charge in [0.25, 0.3) is 0 Å². The quantitative estimate of drug-likeness (QED) is 0.337. The Morgan fingerprint density at radius 3 is 1.73 bits per heavy atom. The van der Waals surface area contributed by atoms with Gasteiger partial charge in [0.05, 0.1) is 12.2 Å². The highest BCUT2D eigenvalue weighted by Crippen LogP contribution is 2.44. The molecule has 0 bridgehead atoms. The molecule has 33 heavy (non-hydrogen) atoms. The molecule has 0 saturated carbocycles. The third-order valence-corrected chi connectivity index (χ3v) is 6.46. The first kappa shape index (κ1) is 23.1. The van der Waals surface area contributed by atoms with Gasteiger partial charge in [-0.2, -0.15) is 5.10 Å². The predicted molar refractivity (Wildman–Crippen MR) is 140 cm³/mol. The van der Waals surface area contributed by atoms with Crippen molar-refractivity contribution >= 4 is 28.7 Å². The number of hydrazone groups is 1. The van der Waals surface area contributed by atoms with Crippen LogP contribution in [0.1, 0.15) is 48.3 Å². The molecule has 1 fully saturated rings. The number of hydrogen-bond acceptors (Lipinski definition) is 3. The summed E-state index contributed by atoms with van der Waals surface area (Å²) in [5.74, 6) is 0.188. The maximum Gasteiger partial charge on any atom is 0.191 e. The van der Waals surface area contributed by atoms with Crippen LogP contribution in [0.5, 0.6) is 0 Å². The van der Waals surface area contributed by atoms with E-state index in [9.17, 15) is 0 Å². The average molecular weight is 458 g/mol. The zero-order chi connectivity index (χ0) is 23.4. The summed E-state index contributed by atoms with van der Waals surface area (Å²) in [7, 11) is 0. The van der Waals surface area contributed by atoms with Crippen LogP contribution in [-0.4, -0.2) is 10.8 Å². The molecule has 4 nitrogen and oxygen atoms in total. The van der Waals surface area contributed by atoms with Crippen LogP contribution in [-0.2, 0) is 4.74 Å². The van der Waals surface area contributed by atoms with Crippen molar-refractivity contribution < 1.29 is 4.74 Å². The van der Waals surface area contributed by atoms with Crippen molar-refractivity contribution in [3.8, 4) is 0 Å². The molecule has 4 unspecified atom stereocenters. The number of benzene rings is 3. The van der Waals surface area contributed by atoms with Gasteiger partial charge in [-0.05, 0) is 49.3 Å². The van der Waals surface area contributed by atoms with Crippen LogP contribution in [0.15, 0.2) is 84.0 Å². The molecule has 0 amide bonds. The zero-order valence-electron chi connectivity index (χ0n) is 19.6. The van der Waals surface area contributed by atoms with Crippen molar-refractivity contribution in [1.29, 1.82) is 0 Å². The minimum absolute atomic E-state index is 0.0932. The fourth-order valence-electron chi connectivity index (χ4n) is 4.36. The number of rotatable bonds is 4. The molecule has 4 atom stereocenters. The van der Waals surface area contributed by atoms with E-state index in [1.807, 2.05) is 30.3 Å². The minimum Gasteiger partial charge on any atom is -0.364 e. The van der Waals surface area contributed by atoms with Gasteiger partial charge in [-0.25, -0.2) is 0 Å². The monoisotopic (exact) mass is 457 g/mol. The van der Waals surface area contributed by atoms with Crippen LogP contribution in [0.4, 0.5) is 5.69 Å². The summed E-state index contributed by atoms with van der Waals surface area (Å²) in [6, 6.07) is 27.0. The summed E-state index contributed by atoms with van der Waals surface area (Å²) in [6.45, 7) is 8.56. The Morgan fingerprint density at radius 2 is 1.24 bits per heavy atom. The first-order valence-corrected chi connectivity index (χ1v) is 11.8. The lowest BCUT2D eigenvalue weighted by molar-refractivity contribution is -0.0638.